The predicted molar refractivity (Wildman–Crippen MR) is 90.5 cm³/mol. The van der Waals surface area contributed by atoms with E-state index in [0.717, 1.165) is 10.8 Å². The van der Waals surface area contributed by atoms with E-state index < -0.39 is 24.5 Å². The van der Waals surface area contributed by atoms with Crippen molar-refractivity contribution in [3.05, 3.63) is 48.0 Å². The van der Waals surface area contributed by atoms with Crippen LogP contribution in [-0.2, 0) is 14.3 Å². The highest BCUT2D eigenvalue weighted by Gasteiger charge is 2.17. The van der Waals surface area contributed by atoms with Crippen molar-refractivity contribution < 1.29 is 19.1 Å². The molecule has 2 N–H and O–H groups in total. The summed E-state index contributed by atoms with van der Waals surface area (Å²) in [6.07, 6.45) is 0. The molecular weight excluding hydrogens is 308 g/mol. The molecule has 0 heterocycles. The maximum absolute atomic E-state index is 12.2. The smallest absolute Gasteiger partial charge is 0.339 e. The maximum atomic E-state index is 12.2. The van der Waals surface area contributed by atoms with Gasteiger partial charge in [-0.1, -0.05) is 36.4 Å². The number of amides is 2. The van der Waals surface area contributed by atoms with E-state index in [0.29, 0.717) is 12.1 Å². The summed E-state index contributed by atoms with van der Waals surface area (Å²) in [4.78, 5) is 35.5. The average Bonchev–Trinajstić information content (AvgIpc) is 2.59. The van der Waals surface area contributed by atoms with Crippen molar-refractivity contribution in [3.8, 4) is 0 Å². The van der Waals surface area contributed by atoms with Crippen LogP contribution >= 0.6 is 0 Å². The number of likely N-dealkylation sites (N-methyl/N-ethyl adjacent to an activating group) is 1. The molecular formula is C18H20N2O4. The Bertz CT molecular complexity index is 752. The topological polar surface area (TPSA) is 84.5 Å². The molecule has 1 atom stereocenters. The number of carbonyl (C=O) groups excluding carboxylic acids is 3. The van der Waals surface area contributed by atoms with Gasteiger partial charge in [-0.3, -0.25) is 9.59 Å². The number of carbonyl (C=O) groups is 3. The van der Waals surface area contributed by atoms with Crippen LogP contribution in [-0.4, -0.2) is 37.0 Å². The summed E-state index contributed by atoms with van der Waals surface area (Å²) in [5, 5.41) is 6.76. The van der Waals surface area contributed by atoms with E-state index in [2.05, 4.69) is 10.6 Å². The lowest BCUT2D eigenvalue weighted by Gasteiger charge is -2.13. The van der Waals surface area contributed by atoms with Gasteiger partial charge in [0.2, 0.25) is 5.91 Å². The van der Waals surface area contributed by atoms with Gasteiger partial charge in [0.25, 0.3) is 5.91 Å². The van der Waals surface area contributed by atoms with Crippen molar-refractivity contribution in [1.82, 2.24) is 10.6 Å². The molecule has 0 saturated heterocycles. The van der Waals surface area contributed by atoms with E-state index in [1.165, 1.54) is 0 Å². The van der Waals surface area contributed by atoms with Crippen LogP contribution in [0.15, 0.2) is 42.5 Å². The molecule has 6 heteroatoms. The highest BCUT2D eigenvalue weighted by molar-refractivity contribution is 6.05. The number of hydrogen-bond acceptors (Lipinski definition) is 4. The lowest BCUT2D eigenvalue weighted by Crippen LogP contribution is -2.46. The molecule has 0 radical (unpaired) electrons. The maximum Gasteiger partial charge on any atom is 0.339 e. The lowest BCUT2D eigenvalue weighted by molar-refractivity contribution is -0.130. The molecule has 126 valence electrons. The van der Waals surface area contributed by atoms with E-state index in [-0.39, 0.29) is 5.91 Å². The Morgan fingerprint density at radius 2 is 1.79 bits per heavy atom. The van der Waals surface area contributed by atoms with Crippen LogP contribution in [0.3, 0.4) is 0 Å². The Labute approximate surface area is 140 Å². The van der Waals surface area contributed by atoms with Gasteiger partial charge < -0.3 is 15.4 Å². The van der Waals surface area contributed by atoms with Gasteiger partial charge in [0, 0.05) is 6.54 Å². The Kier molecular flexibility index (Phi) is 5.89. The van der Waals surface area contributed by atoms with Gasteiger partial charge in [0.05, 0.1) is 5.56 Å². The van der Waals surface area contributed by atoms with Crippen molar-refractivity contribution in [3.63, 3.8) is 0 Å². The molecule has 0 spiro atoms. The van der Waals surface area contributed by atoms with E-state index in [9.17, 15) is 14.4 Å². The fraction of sp³-hybridized carbons (Fsp3) is 0.278. The fourth-order valence-corrected chi connectivity index (χ4v) is 2.29. The van der Waals surface area contributed by atoms with Gasteiger partial charge >= 0.3 is 5.97 Å². The van der Waals surface area contributed by atoms with Crippen LogP contribution in [0.25, 0.3) is 10.8 Å². The van der Waals surface area contributed by atoms with Crippen molar-refractivity contribution in [2.45, 2.75) is 19.9 Å². The first-order chi connectivity index (χ1) is 11.5. The minimum Gasteiger partial charge on any atom is -0.452 e. The summed E-state index contributed by atoms with van der Waals surface area (Å²) < 4.78 is 5.06. The molecule has 24 heavy (non-hydrogen) atoms. The second-order valence-electron chi connectivity index (χ2n) is 5.29. The summed E-state index contributed by atoms with van der Waals surface area (Å²) in [5.41, 5.74) is 0.401. The third kappa shape index (κ3) is 4.32. The number of rotatable bonds is 6. The van der Waals surface area contributed by atoms with Crippen LogP contribution in [0.1, 0.15) is 24.2 Å². The Morgan fingerprint density at radius 3 is 2.54 bits per heavy atom. The van der Waals surface area contributed by atoms with E-state index in [4.69, 9.17) is 4.74 Å². The van der Waals surface area contributed by atoms with Crippen LogP contribution in [0, 0.1) is 0 Å². The molecule has 6 nitrogen and oxygen atoms in total. The Morgan fingerprint density at radius 1 is 1.08 bits per heavy atom. The zero-order valence-corrected chi connectivity index (χ0v) is 13.7. The molecule has 2 aromatic carbocycles. The largest absolute Gasteiger partial charge is 0.452 e. The van der Waals surface area contributed by atoms with E-state index in [1.807, 2.05) is 30.3 Å². The first-order valence-corrected chi connectivity index (χ1v) is 7.75. The highest BCUT2D eigenvalue weighted by Crippen LogP contribution is 2.19. The number of fused-ring (bicyclic) bond motifs is 1. The van der Waals surface area contributed by atoms with Gasteiger partial charge in [-0.15, -0.1) is 0 Å². The van der Waals surface area contributed by atoms with Gasteiger partial charge in [-0.05, 0) is 30.7 Å². The van der Waals surface area contributed by atoms with Gasteiger partial charge in [-0.2, -0.15) is 0 Å². The van der Waals surface area contributed by atoms with Gasteiger partial charge in [-0.25, -0.2) is 4.79 Å². The number of hydrogen-bond donors (Lipinski definition) is 2. The van der Waals surface area contributed by atoms with Crippen LogP contribution in [0.5, 0.6) is 0 Å². The standard InChI is InChI=1S/C18H20N2O4/c1-3-19-17(22)12(2)20-16(21)11-24-18(23)15-10-6-8-13-7-4-5-9-14(13)15/h4-10,12H,3,11H2,1-2H3,(H,19,22)(H,20,21)/t12-/m1/s1. The molecule has 0 bridgehead atoms. The summed E-state index contributed by atoms with van der Waals surface area (Å²) in [7, 11) is 0. The van der Waals surface area contributed by atoms with E-state index >= 15 is 0 Å². The third-order valence-corrected chi connectivity index (χ3v) is 3.47. The van der Waals surface area contributed by atoms with Crippen molar-refractivity contribution >= 4 is 28.6 Å². The quantitative estimate of drug-likeness (QED) is 0.790. The molecule has 0 fully saturated rings. The SMILES string of the molecule is CCNC(=O)[C@@H](C)NC(=O)COC(=O)c1cccc2ccccc12. The summed E-state index contributed by atoms with van der Waals surface area (Å²) in [5.74, 6) is -1.39. The fourth-order valence-electron chi connectivity index (χ4n) is 2.29. The number of esters is 1. The number of nitrogens with one attached hydrogen (secondary N) is 2. The zero-order valence-electron chi connectivity index (χ0n) is 13.7. The summed E-state index contributed by atoms with van der Waals surface area (Å²) >= 11 is 0. The second-order valence-corrected chi connectivity index (χ2v) is 5.29. The highest BCUT2D eigenvalue weighted by atomic mass is 16.5. The zero-order chi connectivity index (χ0) is 17.5. The van der Waals surface area contributed by atoms with Gasteiger partial charge in [0.1, 0.15) is 6.04 Å². The minimum atomic E-state index is -0.686. The van der Waals surface area contributed by atoms with Crippen LogP contribution in [0.4, 0.5) is 0 Å². The molecule has 0 aliphatic rings. The molecule has 2 rings (SSSR count). The second kappa shape index (κ2) is 8.10. The average molecular weight is 328 g/mol. The van der Waals surface area contributed by atoms with Crippen molar-refractivity contribution in [1.29, 1.82) is 0 Å². The normalized spacial score (nSPS) is 11.6. The van der Waals surface area contributed by atoms with Crippen LogP contribution in [0.2, 0.25) is 0 Å². The molecule has 0 unspecified atom stereocenters. The minimum absolute atomic E-state index is 0.286. The molecule has 0 aromatic heterocycles. The first kappa shape index (κ1) is 17.5. The van der Waals surface area contributed by atoms with Crippen molar-refractivity contribution in [2.24, 2.45) is 0 Å². The van der Waals surface area contributed by atoms with E-state index in [1.54, 1.807) is 26.0 Å². The first-order valence-electron chi connectivity index (χ1n) is 7.75. The molecule has 0 saturated carbocycles. The summed E-state index contributed by atoms with van der Waals surface area (Å²) in [6.45, 7) is 3.40. The number of ether oxygens (including phenoxy) is 1. The Balaban J connectivity index is 1.95. The molecule has 2 aromatic rings. The molecule has 0 aliphatic carbocycles. The predicted octanol–water partition coefficient (Wildman–Crippen LogP) is 1.64. The number of benzene rings is 2. The third-order valence-electron chi connectivity index (χ3n) is 3.47. The molecule has 2 amide bonds. The van der Waals surface area contributed by atoms with Gasteiger partial charge in [0.15, 0.2) is 6.61 Å². The lowest BCUT2D eigenvalue weighted by atomic mass is 10.1. The van der Waals surface area contributed by atoms with Crippen molar-refractivity contribution in [2.75, 3.05) is 13.2 Å². The van der Waals surface area contributed by atoms with Crippen LogP contribution < -0.4 is 10.6 Å². The molecule has 0 aliphatic heterocycles. The Hall–Kier alpha value is -2.89. The summed E-state index contributed by atoms with van der Waals surface area (Å²) in [6, 6.07) is 12.1. The monoisotopic (exact) mass is 328 g/mol.